The van der Waals surface area contributed by atoms with Crippen LogP contribution in [0.3, 0.4) is 0 Å². The summed E-state index contributed by atoms with van der Waals surface area (Å²) >= 11 is 0. The monoisotopic (exact) mass is 307 g/mol. The highest BCUT2D eigenvalue weighted by molar-refractivity contribution is 6.13. The van der Waals surface area contributed by atoms with Gasteiger partial charge in [0.05, 0.1) is 11.4 Å². The predicted molar refractivity (Wildman–Crippen MR) is 92.7 cm³/mol. The van der Waals surface area contributed by atoms with E-state index in [1.165, 1.54) is 24.6 Å². The molecule has 1 heterocycles. The lowest BCUT2D eigenvalue weighted by Crippen LogP contribution is -2.16. The zero-order valence-electron chi connectivity index (χ0n) is 13.5. The summed E-state index contributed by atoms with van der Waals surface area (Å²) in [5.41, 5.74) is 4.37. The van der Waals surface area contributed by atoms with Crippen LogP contribution < -0.4 is 5.32 Å². The third-order valence-corrected chi connectivity index (χ3v) is 3.95. The molecule has 0 saturated heterocycles. The summed E-state index contributed by atoms with van der Waals surface area (Å²) in [6.45, 7) is 4.05. The highest BCUT2D eigenvalue weighted by Gasteiger charge is 2.24. The molecule has 0 radical (unpaired) electrons. The standard InChI is InChI=1S/C19H21N3O/c1-12(2)22-17-8-13(11-23)10-21-19(17)18(20)16-5-3-4-15(9-16)14-6-7-14/h3-5,8-12,14,20,22H,6-7H2,1-2H3. The van der Waals surface area contributed by atoms with E-state index in [-0.39, 0.29) is 6.04 Å². The molecular formula is C19H21N3O. The zero-order chi connectivity index (χ0) is 16.4. The molecule has 1 saturated carbocycles. The van der Waals surface area contributed by atoms with E-state index in [1.807, 2.05) is 26.0 Å². The Bertz CT molecular complexity index is 748. The van der Waals surface area contributed by atoms with E-state index >= 15 is 0 Å². The Morgan fingerprint density at radius 3 is 2.78 bits per heavy atom. The molecule has 2 N–H and O–H groups in total. The fourth-order valence-corrected chi connectivity index (χ4v) is 2.67. The van der Waals surface area contributed by atoms with E-state index in [9.17, 15) is 4.79 Å². The summed E-state index contributed by atoms with van der Waals surface area (Å²) in [4.78, 5) is 15.4. The number of nitrogens with one attached hydrogen (secondary N) is 2. The Morgan fingerprint density at radius 2 is 2.13 bits per heavy atom. The second-order valence-electron chi connectivity index (χ2n) is 6.36. The van der Waals surface area contributed by atoms with Crippen LogP contribution in [0.2, 0.25) is 0 Å². The Hall–Kier alpha value is -2.49. The molecule has 1 aliphatic rings. The third-order valence-electron chi connectivity index (χ3n) is 3.95. The molecule has 118 valence electrons. The Balaban J connectivity index is 1.97. The van der Waals surface area contributed by atoms with E-state index in [1.54, 1.807) is 6.07 Å². The quantitative estimate of drug-likeness (QED) is 0.626. The molecule has 0 unspecified atom stereocenters. The molecule has 1 aliphatic carbocycles. The van der Waals surface area contributed by atoms with Crippen molar-refractivity contribution < 1.29 is 4.79 Å². The van der Waals surface area contributed by atoms with Crippen LogP contribution >= 0.6 is 0 Å². The van der Waals surface area contributed by atoms with Crippen molar-refractivity contribution >= 4 is 17.7 Å². The smallest absolute Gasteiger partial charge is 0.151 e. The summed E-state index contributed by atoms with van der Waals surface area (Å²) in [6, 6.07) is 10.1. The highest BCUT2D eigenvalue weighted by Crippen LogP contribution is 2.40. The van der Waals surface area contributed by atoms with Crippen molar-refractivity contribution in [1.82, 2.24) is 4.98 Å². The van der Waals surface area contributed by atoms with Gasteiger partial charge < -0.3 is 5.32 Å². The number of benzene rings is 1. The molecule has 0 aliphatic heterocycles. The van der Waals surface area contributed by atoms with Crippen LogP contribution in [0.4, 0.5) is 5.69 Å². The summed E-state index contributed by atoms with van der Waals surface area (Å²) in [5.74, 6) is 0.654. The minimum absolute atomic E-state index is 0.197. The Labute approximate surface area is 136 Å². The third kappa shape index (κ3) is 3.47. The van der Waals surface area contributed by atoms with Gasteiger partial charge in [-0.25, -0.2) is 0 Å². The van der Waals surface area contributed by atoms with Gasteiger partial charge in [0.25, 0.3) is 0 Å². The first kappa shape index (κ1) is 15.4. The first-order chi connectivity index (χ1) is 11.1. The number of rotatable bonds is 6. The summed E-state index contributed by atoms with van der Waals surface area (Å²) < 4.78 is 0. The number of pyridine rings is 1. The van der Waals surface area contributed by atoms with Crippen LogP contribution in [0.1, 0.15) is 59.8 Å². The lowest BCUT2D eigenvalue weighted by molar-refractivity contribution is 0.112. The van der Waals surface area contributed by atoms with Gasteiger partial charge in [0.2, 0.25) is 0 Å². The maximum absolute atomic E-state index is 11.0. The number of nitrogens with zero attached hydrogens (tertiary/aromatic N) is 1. The van der Waals surface area contributed by atoms with Crippen molar-refractivity contribution in [1.29, 1.82) is 5.41 Å². The number of aromatic nitrogens is 1. The lowest BCUT2D eigenvalue weighted by Gasteiger charge is -2.15. The van der Waals surface area contributed by atoms with E-state index in [2.05, 4.69) is 22.4 Å². The van der Waals surface area contributed by atoms with Crippen LogP contribution in [-0.2, 0) is 0 Å². The van der Waals surface area contributed by atoms with Gasteiger partial charge in [0.1, 0.15) is 5.69 Å². The fourth-order valence-electron chi connectivity index (χ4n) is 2.67. The van der Waals surface area contributed by atoms with Crippen LogP contribution in [-0.4, -0.2) is 23.0 Å². The summed E-state index contributed by atoms with van der Waals surface area (Å²) in [7, 11) is 0. The number of hydrogen-bond acceptors (Lipinski definition) is 4. The van der Waals surface area contributed by atoms with E-state index in [0.29, 0.717) is 22.9 Å². The van der Waals surface area contributed by atoms with E-state index in [0.717, 1.165) is 17.5 Å². The van der Waals surface area contributed by atoms with Gasteiger partial charge in [-0.2, -0.15) is 0 Å². The van der Waals surface area contributed by atoms with Crippen LogP contribution in [0, 0.1) is 5.41 Å². The average molecular weight is 307 g/mol. The van der Waals surface area contributed by atoms with Crippen molar-refractivity contribution in [2.75, 3.05) is 5.32 Å². The van der Waals surface area contributed by atoms with Crippen LogP contribution in [0.15, 0.2) is 36.5 Å². The number of carbonyl (C=O) groups is 1. The van der Waals surface area contributed by atoms with Crippen LogP contribution in [0.5, 0.6) is 0 Å². The first-order valence-corrected chi connectivity index (χ1v) is 7.99. The summed E-state index contributed by atoms with van der Waals surface area (Å²) in [6.07, 6.45) is 4.78. The molecule has 0 bridgehead atoms. The second kappa shape index (κ2) is 6.32. The zero-order valence-corrected chi connectivity index (χ0v) is 13.5. The molecule has 0 atom stereocenters. The van der Waals surface area contributed by atoms with E-state index < -0.39 is 0 Å². The normalized spacial score (nSPS) is 13.9. The lowest BCUT2D eigenvalue weighted by atomic mass is 10.0. The number of aldehydes is 1. The van der Waals surface area contributed by atoms with Gasteiger partial charge in [-0.1, -0.05) is 18.2 Å². The summed E-state index contributed by atoms with van der Waals surface area (Å²) in [5, 5.41) is 11.8. The minimum atomic E-state index is 0.197. The molecule has 4 nitrogen and oxygen atoms in total. The number of carbonyl (C=O) groups excluding carboxylic acids is 1. The largest absolute Gasteiger partial charge is 0.381 e. The Morgan fingerprint density at radius 1 is 1.35 bits per heavy atom. The number of anilines is 1. The molecule has 23 heavy (non-hydrogen) atoms. The molecule has 0 amide bonds. The molecule has 0 spiro atoms. The SMILES string of the molecule is CC(C)Nc1cc(C=O)cnc1C(=N)c1cccc(C2CC2)c1. The molecule has 4 heteroatoms. The maximum Gasteiger partial charge on any atom is 0.151 e. The second-order valence-corrected chi connectivity index (χ2v) is 6.36. The number of hydrogen-bond donors (Lipinski definition) is 2. The maximum atomic E-state index is 11.0. The van der Waals surface area contributed by atoms with Gasteiger partial charge in [0, 0.05) is 23.4 Å². The first-order valence-electron chi connectivity index (χ1n) is 7.99. The molecule has 3 rings (SSSR count). The van der Waals surface area contributed by atoms with Crippen molar-refractivity contribution in [3.63, 3.8) is 0 Å². The predicted octanol–water partition coefficient (Wildman–Crippen LogP) is 4.01. The van der Waals surface area contributed by atoms with E-state index in [4.69, 9.17) is 5.41 Å². The molecule has 1 fully saturated rings. The van der Waals surface area contributed by atoms with Gasteiger partial charge in [0.15, 0.2) is 6.29 Å². The van der Waals surface area contributed by atoms with Gasteiger partial charge >= 0.3 is 0 Å². The highest BCUT2D eigenvalue weighted by atomic mass is 16.1. The van der Waals surface area contributed by atoms with Crippen molar-refractivity contribution in [3.05, 3.63) is 58.9 Å². The Kier molecular flexibility index (Phi) is 4.24. The molecular weight excluding hydrogens is 286 g/mol. The van der Waals surface area contributed by atoms with Crippen molar-refractivity contribution in [2.45, 2.75) is 38.6 Å². The van der Waals surface area contributed by atoms with Gasteiger partial charge in [-0.15, -0.1) is 0 Å². The molecule has 1 aromatic heterocycles. The minimum Gasteiger partial charge on any atom is -0.381 e. The van der Waals surface area contributed by atoms with Gasteiger partial charge in [-0.3, -0.25) is 15.2 Å². The fraction of sp³-hybridized carbons (Fsp3) is 0.316. The van der Waals surface area contributed by atoms with Crippen molar-refractivity contribution in [3.8, 4) is 0 Å². The molecule has 1 aromatic carbocycles. The average Bonchev–Trinajstić information content (AvgIpc) is 3.38. The van der Waals surface area contributed by atoms with Gasteiger partial charge in [-0.05, 0) is 50.3 Å². The molecule has 2 aromatic rings. The topological polar surface area (TPSA) is 65.8 Å². The van der Waals surface area contributed by atoms with Crippen LogP contribution in [0.25, 0.3) is 0 Å². The van der Waals surface area contributed by atoms with Crippen molar-refractivity contribution in [2.24, 2.45) is 0 Å².